The number of unbranched alkanes of at least 4 members (excludes halogenated alkanes) is 6. The largest absolute Gasteiger partial charge is 0.443 e. The number of nitrogens with zero attached hydrogens (tertiary/aromatic N) is 1. The molecule has 0 aromatic carbocycles. The third kappa shape index (κ3) is 9.22. The molecule has 0 fully saturated rings. The first-order valence-electron chi connectivity index (χ1n) is 9.70. The zero-order chi connectivity index (χ0) is 17.9. The second-order valence-electron chi connectivity index (χ2n) is 7.92. The minimum Gasteiger partial charge on any atom is -0.443 e. The summed E-state index contributed by atoms with van der Waals surface area (Å²) in [6.45, 7) is 15.5. The number of carbonyl (C=O) groups excluding carboxylic acids is 1. The number of amides is 1. The second kappa shape index (κ2) is 10.9. The average molecular weight is 328 g/mol. The van der Waals surface area contributed by atoms with Gasteiger partial charge < -0.3 is 9.64 Å². The zero-order valence-corrected chi connectivity index (χ0v) is 16.8. The van der Waals surface area contributed by atoms with Crippen LogP contribution in [0.15, 0.2) is 0 Å². The zero-order valence-electron chi connectivity index (χ0n) is 16.8. The van der Waals surface area contributed by atoms with E-state index in [1.54, 1.807) is 0 Å². The molecule has 0 atom stereocenters. The fourth-order valence-corrected chi connectivity index (χ4v) is 2.42. The first-order chi connectivity index (χ1) is 10.7. The molecule has 0 aliphatic carbocycles. The van der Waals surface area contributed by atoms with Crippen molar-refractivity contribution in [3.63, 3.8) is 0 Å². The Hall–Kier alpha value is -0.730. The van der Waals surface area contributed by atoms with Crippen molar-refractivity contribution in [1.82, 2.24) is 4.90 Å². The molecule has 23 heavy (non-hydrogen) atoms. The van der Waals surface area contributed by atoms with E-state index in [1.807, 2.05) is 18.7 Å². The maximum atomic E-state index is 12.6. The van der Waals surface area contributed by atoms with Crippen molar-refractivity contribution in [3.8, 4) is 0 Å². The Morgan fingerprint density at radius 3 is 1.83 bits per heavy atom. The summed E-state index contributed by atoms with van der Waals surface area (Å²) in [4.78, 5) is 14.6. The summed E-state index contributed by atoms with van der Waals surface area (Å²) < 4.78 is 5.73. The normalized spacial score (nSPS) is 12.3. The molecule has 3 heteroatoms. The summed E-state index contributed by atoms with van der Waals surface area (Å²) in [5.41, 5.74) is -0.539. The van der Waals surface area contributed by atoms with E-state index in [0.717, 1.165) is 25.8 Å². The summed E-state index contributed by atoms with van der Waals surface area (Å²) in [5, 5.41) is 0. The minimum absolute atomic E-state index is 0.150. The topological polar surface area (TPSA) is 29.5 Å². The molecule has 0 spiro atoms. The van der Waals surface area contributed by atoms with Gasteiger partial charge in [0, 0.05) is 12.1 Å². The van der Waals surface area contributed by atoms with Crippen LogP contribution < -0.4 is 0 Å². The smallest absolute Gasteiger partial charge is 0.410 e. The molecule has 0 rings (SSSR count). The summed E-state index contributed by atoms with van der Waals surface area (Å²) in [6.07, 6.45) is 10.4. The molecular formula is C20H41NO2. The Morgan fingerprint density at radius 1 is 0.826 bits per heavy atom. The van der Waals surface area contributed by atoms with Crippen LogP contribution in [0.2, 0.25) is 0 Å². The molecule has 0 N–H and O–H groups in total. The van der Waals surface area contributed by atoms with Crippen molar-refractivity contribution in [2.75, 3.05) is 6.54 Å². The Bertz CT molecular complexity index is 324. The summed E-state index contributed by atoms with van der Waals surface area (Å²) >= 11 is 0. The molecule has 3 nitrogen and oxygen atoms in total. The first kappa shape index (κ1) is 22.3. The van der Waals surface area contributed by atoms with E-state index in [4.69, 9.17) is 4.74 Å². The highest BCUT2D eigenvalue weighted by molar-refractivity contribution is 5.69. The van der Waals surface area contributed by atoms with Crippen molar-refractivity contribution in [2.45, 2.75) is 117 Å². The van der Waals surface area contributed by atoms with Gasteiger partial charge in [0.2, 0.25) is 0 Å². The number of carbonyl (C=O) groups is 1. The number of hydrogen-bond acceptors (Lipinski definition) is 2. The van der Waals surface area contributed by atoms with E-state index in [9.17, 15) is 4.79 Å². The van der Waals surface area contributed by atoms with E-state index in [0.29, 0.717) is 0 Å². The van der Waals surface area contributed by atoms with Crippen LogP contribution in [0.4, 0.5) is 4.79 Å². The van der Waals surface area contributed by atoms with Crippen molar-refractivity contribution in [3.05, 3.63) is 0 Å². The second-order valence-corrected chi connectivity index (χ2v) is 7.92. The van der Waals surface area contributed by atoms with Gasteiger partial charge in [-0.1, -0.05) is 59.3 Å². The average Bonchev–Trinajstić information content (AvgIpc) is 2.49. The number of ether oxygens (including phenoxy) is 1. The molecule has 0 radical (unpaired) electrons. The van der Waals surface area contributed by atoms with Gasteiger partial charge >= 0.3 is 6.09 Å². The predicted molar refractivity (Wildman–Crippen MR) is 99.9 cm³/mol. The lowest BCUT2D eigenvalue weighted by atomic mass is 9.99. The van der Waals surface area contributed by atoms with Gasteiger partial charge in [-0.15, -0.1) is 0 Å². The van der Waals surface area contributed by atoms with Crippen LogP contribution in [0.5, 0.6) is 0 Å². The Kier molecular flexibility index (Phi) is 10.6. The van der Waals surface area contributed by atoms with Crippen LogP contribution in [-0.2, 0) is 4.74 Å². The molecule has 0 saturated carbocycles. The number of rotatable bonds is 12. The molecule has 138 valence electrons. The molecule has 0 unspecified atom stereocenters. The highest BCUT2D eigenvalue weighted by Crippen LogP contribution is 2.24. The van der Waals surface area contributed by atoms with Crippen LogP contribution in [0, 0.1) is 0 Å². The van der Waals surface area contributed by atoms with Gasteiger partial charge in [-0.3, -0.25) is 0 Å². The van der Waals surface area contributed by atoms with Crippen LogP contribution in [0.25, 0.3) is 0 Å². The summed E-state index contributed by atoms with van der Waals surface area (Å²) in [5.74, 6) is 0. The van der Waals surface area contributed by atoms with Gasteiger partial charge in [-0.2, -0.15) is 0 Å². The third-order valence-corrected chi connectivity index (χ3v) is 5.02. The molecule has 0 aromatic heterocycles. The molecular weight excluding hydrogens is 286 g/mol. The van der Waals surface area contributed by atoms with E-state index in [2.05, 4.69) is 34.6 Å². The van der Waals surface area contributed by atoms with Gasteiger partial charge in [0.15, 0.2) is 0 Å². The number of hydrogen-bond donors (Lipinski definition) is 0. The summed E-state index contributed by atoms with van der Waals surface area (Å²) in [7, 11) is 0. The van der Waals surface area contributed by atoms with Gasteiger partial charge in [-0.25, -0.2) is 4.79 Å². The fourth-order valence-electron chi connectivity index (χ4n) is 2.42. The lowest BCUT2D eigenvalue weighted by Crippen LogP contribution is -2.50. The van der Waals surface area contributed by atoms with Gasteiger partial charge in [0.25, 0.3) is 0 Å². The highest BCUT2D eigenvalue weighted by atomic mass is 16.6. The van der Waals surface area contributed by atoms with E-state index >= 15 is 0 Å². The van der Waals surface area contributed by atoms with Crippen molar-refractivity contribution in [1.29, 1.82) is 0 Å². The molecule has 0 aliphatic rings. The predicted octanol–water partition coefficient (Wildman–Crippen LogP) is 6.55. The van der Waals surface area contributed by atoms with Gasteiger partial charge in [0.1, 0.15) is 5.60 Å². The van der Waals surface area contributed by atoms with Crippen LogP contribution >= 0.6 is 0 Å². The molecule has 0 saturated heterocycles. The van der Waals surface area contributed by atoms with E-state index in [-0.39, 0.29) is 17.2 Å². The quantitative estimate of drug-likeness (QED) is 0.380. The lowest BCUT2D eigenvalue weighted by molar-refractivity contribution is -0.00883. The van der Waals surface area contributed by atoms with Crippen LogP contribution in [0.1, 0.15) is 106 Å². The molecule has 0 heterocycles. The summed E-state index contributed by atoms with van der Waals surface area (Å²) in [6, 6.07) is 0. The third-order valence-electron chi connectivity index (χ3n) is 5.02. The van der Waals surface area contributed by atoms with Gasteiger partial charge in [0.05, 0.1) is 0 Å². The van der Waals surface area contributed by atoms with Crippen molar-refractivity contribution >= 4 is 6.09 Å². The first-order valence-corrected chi connectivity index (χ1v) is 9.70. The fraction of sp³-hybridized carbons (Fsp3) is 0.950. The van der Waals surface area contributed by atoms with Crippen molar-refractivity contribution in [2.24, 2.45) is 0 Å². The van der Waals surface area contributed by atoms with Crippen LogP contribution in [0.3, 0.4) is 0 Å². The van der Waals surface area contributed by atoms with Crippen LogP contribution in [-0.4, -0.2) is 28.7 Å². The Labute approximate surface area is 145 Å². The molecule has 0 aromatic rings. The SMILES string of the molecule is CCCCCCCCCN(C(=O)OC(C)(C)CC)C(C)(C)CC. The Balaban J connectivity index is 4.46. The molecule has 0 aliphatic heterocycles. The standard InChI is InChI=1S/C20H41NO2/c1-8-11-12-13-14-15-16-17-21(19(4,5)9-2)18(22)23-20(6,7)10-3/h8-17H2,1-7H3. The monoisotopic (exact) mass is 327 g/mol. The minimum atomic E-state index is -0.390. The molecule has 0 bridgehead atoms. The van der Waals surface area contributed by atoms with E-state index < -0.39 is 0 Å². The maximum absolute atomic E-state index is 12.6. The maximum Gasteiger partial charge on any atom is 0.410 e. The van der Waals surface area contributed by atoms with Gasteiger partial charge in [-0.05, 0) is 47.0 Å². The van der Waals surface area contributed by atoms with Crippen molar-refractivity contribution < 1.29 is 9.53 Å². The van der Waals surface area contributed by atoms with E-state index in [1.165, 1.54) is 38.5 Å². The Morgan fingerprint density at radius 2 is 1.35 bits per heavy atom. The molecule has 1 amide bonds. The highest BCUT2D eigenvalue weighted by Gasteiger charge is 2.33. The lowest BCUT2D eigenvalue weighted by Gasteiger charge is -2.39.